The zero-order valence-corrected chi connectivity index (χ0v) is 9.69. The summed E-state index contributed by atoms with van der Waals surface area (Å²) < 4.78 is 13.0. The molecule has 0 aromatic heterocycles. The number of oxime groups is 1. The van der Waals surface area contributed by atoms with E-state index < -0.39 is 11.9 Å². The highest BCUT2D eigenvalue weighted by atomic mass is 32.2. The van der Waals surface area contributed by atoms with Crippen molar-refractivity contribution in [1.29, 1.82) is 0 Å². The third kappa shape index (κ3) is 3.88. The van der Waals surface area contributed by atoms with E-state index in [1.54, 1.807) is 0 Å². The Bertz CT molecular complexity index is 415. The molecule has 17 heavy (non-hydrogen) atoms. The molecule has 1 unspecified atom stereocenters. The van der Waals surface area contributed by atoms with Crippen molar-refractivity contribution in [1.82, 2.24) is 0 Å². The molecule has 0 spiro atoms. The number of nitrogens with zero attached hydrogens (tertiary/aromatic N) is 1. The SMILES string of the molecule is NC(=NO)c1cc(F)ccc1SCC(O)CO. The molecule has 7 heteroatoms. The Morgan fingerprint density at radius 3 is 2.82 bits per heavy atom. The predicted molar refractivity (Wildman–Crippen MR) is 62.7 cm³/mol. The van der Waals surface area contributed by atoms with Gasteiger partial charge < -0.3 is 21.2 Å². The van der Waals surface area contributed by atoms with Crippen LogP contribution in [-0.2, 0) is 0 Å². The number of hydrogen-bond acceptors (Lipinski definition) is 5. The van der Waals surface area contributed by atoms with Crippen molar-refractivity contribution in [2.75, 3.05) is 12.4 Å². The molecule has 0 saturated heterocycles. The second-order valence-electron chi connectivity index (χ2n) is 3.27. The molecular weight excluding hydrogens is 247 g/mol. The molecule has 5 N–H and O–H groups in total. The van der Waals surface area contributed by atoms with Gasteiger partial charge in [0.2, 0.25) is 0 Å². The Kier molecular flexibility index (Phi) is 5.20. The molecule has 0 aliphatic carbocycles. The van der Waals surface area contributed by atoms with Gasteiger partial charge in [0.05, 0.1) is 12.7 Å². The number of aliphatic hydroxyl groups is 2. The Hall–Kier alpha value is -1.31. The zero-order valence-electron chi connectivity index (χ0n) is 8.88. The second kappa shape index (κ2) is 6.43. The molecule has 0 heterocycles. The summed E-state index contributed by atoms with van der Waals surface area (Å²) in [4.78, 5) is 0.564. The number of rotatable bonds is 5. The van der Waals surface area contributed by atoms with E-state index in [9.17, 15) is 9.50 Å². The van der Waals surface area contributed by atoms with E-state index in [0.29, 0.717) is 4.90 Å². The quantitative estimate of drug-likeness (QED) is 0.201. The molecular formula is C10H13FN2O3S. The molecule has 0 bridgehead atoms. The van der Waals surface area contributed by atoms with Crippen LogP contribution in [0.15, 0.2) is 28.3 Å². The topological polar surface area (TPSA) is 99.1 Å². The van der Waals surface area contributed by atoms with Crippen molar-refractivity contribution in [3.05, 3.63) is 29.6 Å². The minimum absolute atomic E-state index is 0.203. The molecule has 5 nitrogen and oxygen atoms in total. The third-order valence-corrected chi connectivity index (χ3v) is 3.19. The highest BCUT2D eigenvalue weighted by Gasteiger charge is 2.11. The van der Waals surface area contributed by atoms with Crippen LogP contribution in [0.2, 0.25) is 0 Å². The van der Waals surface area contributed by atoms with Gasteiger partial charge in [-0.2, -0.15) is 0 Å². The molecule has 1 rings (SSSR count). The maximum Gasteiger partial charge on any atom is 0.171 e. The van der Waals surface area contributed by atoms with E-state index in [4.69, 9.17) is 16.0 Å². The average molecular weight is 260 g/mol. The van der Waals surface area contributed by atoms with Crippen molar-refractivity contribution in [3.8, 4) is 0 Å². The van der Waals surface area contributed by atoms with Gasteiger partial charge in [0.25, 0.3) is 0 Å². The standard InChI is InChI=1S/C10H13FN2O3S/c11-6-1-2-9(17-5-7(15)4-14)8(3-6)10(12)13-16/h1-3,7,14-16H,4-5H2,(H2,12,13). The van der Waals surface area contributed by atoms with E-state index in [0.717, 1.165) is 6.07 Å². The van der Waals surface area contributed by atoms with Crippen LogP contribution in [0.3, 0.4) is 0 Å². The highest BCUT2D eigenvalue weighted by Crippen LogP contribution is 2.24. The lowest BCUT2D eigenvalue weighted by Crippen LogP contribution is -2.17. The Balaban J connectivity index is 2.91. The summed E-state index contributed by atoms with van der Waals surface area (Å²) in [5.41, 5.74) is 5.66. The van der Waals surface area contributed by atoms with Gasteiger partial charge in [-0.3, -0.25) is 0 Å². The zero-order chi connectivity index (χ0) is 12.8. The van der Waals surface area contributed by atoms with Crippen molar-refractivity contribution in [2.45, 2.75) is 11.0 Å². The number of aliphatic hydroxyl groups excluding tert-OH is 2. The van der Waals surface area contributed by atoms with Crippen LogP contribution in [0.5, 0.6) is 0 Å². The first-order valence-corrected chi connectivity index (χ1v) is 5.76. The van der Waals surface area contributed by atoms with Crippen LogP contribution >= 0.6 is 11.8 Å². The second-order valence-corrected chi connectivity index (χ2v) is 4.33. The third-order valence-electron chi connectivity index (χ3n) is 1.97. The number of halogens is 1. The fourth-order valence-corrected chi connectivity index (χ4v) is 2.08. The van der Waals surface area contributed by atoms with Gasteiger partial charge in [-0.15, -0.1) is 11.8 Å². The number of hydrogen-bond donors (Lipinski definition) is 4. The summed E-state index contributed by atoms with van der Waals surface area (Å²) in [5, 5.41) is 29.3. The van der Waals surface area contributed by atoms with Gasteiger partial charge in [0.1, 0.15) is 5.82 Å². The fraction of sp³-hybridized carbons (Fsp3) is 0.300. The molecule has 1 aromatic carbocycles. The summed E-state index contributed by atoms with van der Waals surface area (Å²) in [5.74, 6) is -0.474. The van der Waals surface area contributed by atoms with Gasteiger partial charge in [-0.05, 0) is 18.2 Å². The van der Waals surface area contributed by atoms with Crippen LogP contribution < -0.4 is 5.73 Å². The lowest BCUT2D eigenvalue weighted by molar-refractivity contribution is 0.113. The lowest BCUT2D eigenvalue weighted by Gasteiger charge is -2.10. The molecule has 0 aliphatic heterocycles. The Morgan fingerprint density at radius 2 is 2.24 bits per heavy atom. The van der Waals surface area contributed by atoms with Crippen molar-refractivity contribution in [3.63, 3.8) is 0 Å². The molecule has 94 valence electrons. The van der Waals surface area contributed by atoms with Crippen molar-refractivity contribution in [2.24, 2.45) is 10.9 Å². The van der Waals surface area contributed by atoms with E-state index in [-0.39, 0.29) is 23.8 Å². The van der Waals surface area contributed by atoms with E-state index in [2.05, 4.69) is 5.16 Å². The molecule has 0 aliphatic rings. The van der Waals surface area contributed by atoms with Gasteiger partial charge in [-0.1, -0.05) is 5.16 Å². The molecule has 0 fully saturated rings. The maximum atomic E-state index is 13.0. The minimum Gasteiger partial charge on any atom is -0.409 e. The minimum atomic E-state index is -0.870. The van der Waals surface area contributed by atoms with Crippen LogP contribution in [0.25, 0.3) is 0 Å². The van der Waals surface area contributed by atoms with Gasteiger partial charge in [-0.25, -0.2) is 4.39 Å². The number of benzene rings is 1. The first-order chi connectivity index (χ1) is 8.08. The lowest BCUT2D eigenvalue weighted by atomic mass is 10.2. The number of amidine groups is 1. The molecule has 1 atom stereocenters. The van der Waals surface area contributed by atoms with E-state index >= 15 is 0 Å². The molecule has 0 saturated carbocycles. The summed E-state index contributed by atoms with van der Waals surface area (Å²) in [6, 6.07) is 3.85. The molecule has 1 aromatic rings. The van der Waals surface area contributed by atoms with Gasteiger partial charge >= 0.3 is 0 Å². The van der Waals surface area contributed by atoms with Crippen molar-refractivity contribution >= 4 is 17.6 Å². The smallest absolute Gasteiger partial charge is 0.171 e. The highest BCUT2D eigenvalue weighted by molar-refractivity contribution is 7.99. The van der Waals surface area contributed by atoms with Crippen LogP contribution in [-0.4, -0.2) is 39.7 Å². The summed E-state index contributed by atoms with van der Waals surface area (Å²) >= 11 is 1.18. The first kappa shape index (κ1) is 13.8. The monoisotopic (exact) mass is 260 g/mol. The number of thioether (sulfide) groups is 1. The van der Waals surface area contributed by atoms with E-state index in [1.807, 2.05) is 0 Å². The van der Waals surface area contributed by atoms with Crippen LogP contribution in [0.1, 0.15) is 5.56 Å². The molecule has 0 radical (unpaired) electrons. The normalized spacial score (nSPS) is 13.7. The molecule has 0 amide bonds. The average Bonchev–Trinajstić information content (AvgIpc) is 2.35. The Morgan fingerprint density at radius 1 is 1.53 bits per heavy atom. The van der Waals surface area contributed by atoms with Gasteiger partial charge in [0.15, 0.2) is 5.84 Å². The number of nitrogens with two attached hydrogens (primary N) is 1. The first-order valence-electron chi connectivity index (χ1n) is 4.77. The predicted octanol–water partition coefficient (Wildman–Crippen LogP) is 0.366. The van der Waals surface area contributed by atoms with Crippen LogP contribution in [0, 0.1) is 5.82 Å². The Labute approximate surface area is 102 Å². The van der Waals surface area contributed by atoms with E-state index in [1.165, 1.54) is 23.9 Å². The largest absolute Gasteiger partial charge is 0.409 e. The fourth-order valence-electron chi connectivity index (χ4n) is 1.12. The maximum absolute atomic E-state index is 13.0. The van der Waals surface area contributed by atoms with Gasteiger partial charge in [0, 0.05) is 16.2 Å². The summed E-state index contributed by atoms with van der Waals surface area (Å²) in [6.45, 7) is -0.354. The summed E-state index contributed by atoms with van der Waals surface area (Å²) in [6.07, 6.45) is -0.870. The summed E-state index contributed by atoms with van der Waals surface area (Å²) in [7, 11) is 0. The van der Waals surface area contributed by atoms with Crippen LogP contribution in [0.4, 0.5) is 4.39 Å². The van der Waals surface area contributed by atoms with Crippen molar-refractivity contribution < 1.29 is 19.8 Å².